The molecule has 0 spiro atoms. The van der Waals surface area contributed by atoms with Crippen molar-refractivity contribution in [3.63, 3.8) is 0 Å². The van der Waals surface area contributed by atoms with Gasteiger partial charge in [-0.2, -0.15) is 0 Å². The van der Waals surface area contributed by atoms with Gasteiger partial charge in [-0.1, -0.05) is 47.9 Å². The number of halogens is 1. The van der Waals surface area contributed by atoms with Gasteiger partial charge in [0, 0.05) is 48.1 Å². The molecule has 6 rings (SSSR count). The number of benzene rings is 2. The predicted molar refractivity (Wildman–Crippen MR) is 166 cm³/mol. The van der Waals surface area contributed by atoms with Crippen LogP contribution in [0.2, 0.25) is 0 Å². The van der Waals surface area contributed by atoms with Crippen molar-refractivity contribution in [1.29, 1.82) is 0 Å². The molecule has 2 amide bonds. The number of hydrogen-bond acceptors (Lipinski definition) is 5. The van der Waals surface area contributed by atoms with Crippen LogP contribution in [0.25, 0.3) is 0 Å². The van der Waals surface area contributed by atoms with Crippen molar-refractivity contribution in [2.75, 3.05) is 19.7 Å². The third-order valence-corrected chi connectivity index (χ3v) is 9.63. The highest BCUT2D eigenvalue weighted by Gasteiger charge is 2.51. The van der Waals surface area contributed by atoms with Gasteiger partial charge in [-0.05, 0) is 88.6 Å². The number of amides is 2. The zero-order chi connectivity index (χ0) is 32.0. The number of carbonyl (C=O) groups is 2. The van der Waals surface area contributed by atoms with Crippen LogP contribution in [0.5, 0.6) is 0 Å². The summed E-state index contributed by atoms with van der Waals surface area (Å²) in [5, 5.41) is 31.2. The van der Waals surface area contributed by atoms with E-state index < -0.39 is 17.3 Å². The van der Waals surface area contributed by atoms with Gasteiger partial charge in [-0.15, -0.1) is 0 Å². The number of rotatable bonds is 1. The van der Waals surface area contributed by atoms with Crippen molar-refractivity contribution in [2.45, 2.75) is 81.6 Å². The van der Waals surface area contributed by atoms with Gasteiger partial charge in [0.1, 0.15) is 17.0 Å². The molecule has 2 aliphatic carbocycles. The highest BCUT2D eigenvalue weighted by molar-refractivity contribution is 5.68. The molecular weight excluding hydrogens is 575 g/mol. The maximum absolute atomic E-state index is 13.3. The summed E-state index contributed by atoms with van der Waals surface area (Å²) in [6.07, 6.45) is 4.69. The molecule has 4 aliphatic rings. The average Bonchev–Trinajstić information content (AvgIpc) is 3.68. The largest absolute Gasteiger partial charge is 0.465 e. The molecule has 2 saturated heterocycles. The minimum absolute atomic E-state index is 0.0374. The summed E-state index contributed by atoms with van der Waals surface area (Å²) in [7, 11) is 0. The van der Waals surface area contributed by atoms with Crippen LogP contribution in [0.15, 0.2) is 54.6 Å². The van der Waals surface area contributed by atoms with Crippen molar-refractivity contribution in [1.82, 2.24) is 9.80 Å². The minimum Gasteiger partial charge on any atom is -0.465 e. The molecule has 8 nitrogen and oxygen atoms in total. The molecular formula is C36H41FN2O6. The van der Waals surface area contributed by atoms with E-state index >= 15 is 0 Å². The van der Waals surface area contributed by atoms with Crippen molar-refractivity contribution in [3.05, 3.63) is 71.5 Å². The second kappa shape index (κ2) is 13.9. The Hall–Kier alpha value is -4.05. The lowest BCUT2D eigenvalue weighted by atomic mass is 9.73. The smallest absolute Gasteiger partial charge is 0.410 e. The fourth-order valence-corrected chi connectivity index (χ4v) is 7.50. The Kier molecular flexibility index (Phi) is 10.0. The standard InChI is InChI=1S/C19H22FNO3.C17H19NO3/c1-2-24-18(22)21-12-9-16-17(21)7-4-10-19(16,23)11-8-14-5-3-6-15(20)13-14;19-16(20)18-12-9-14-15(18)7-4-10-17(14,21)11-8-13-5-2-1-3-6-13/h3,5-6,13,16-17,23H,2,4,7,9-10,12H2,1H3;1-3,5-6,14-15,21H,4,7,9-10,12H2,(H,19,20). The van der Waals surface area contributed by atoms with Crippen LogP contribution in [0.1, 0.15) is 69.4 Å². The van der Waals surface area contributed by atoms with Gasteiger partial charge in [0.2, 0.25) is 0 Å². The topological polar surface area (TPSA) is 111 Å². The lowest BCUT2D eigenvalue weighted by Gasteiger charge is -2.39. The van der Waals surface area contributed by atoms with Crippen LogP contribution in [0, 0.1) is 41.3 Å². The van der Waals surface area contributed by atoms with E-state index in [1.165, 1.54) is 17.0 Å². The molecule has 45 heavy (non-hydrogen) atoms. The summed E-state index contributed by atoms with van der Waals surface area (Å²) in [5.74, 6) is 11.4. The summed E-state index contributed by atoms with van der Waals surface area (Å²) in [6, 6.07) is 15.5. The molecule has 2 aliphatic heterocycles. The molecule has 2 aromatic carbocycles. The molecule has 0 bridgehead atoms. The van der Waals surface area contributed by atoms with Gasteiger partial charge in [-0.3, -0.25) is 0 Å². The third kappa shape index (κ3) is 7.27. The first-order valence-corrected chi connectivity index (χ1v) is 15.9. The highest BCUT2D eigenvalue weighted by Crippen LogP contribution is 2.44. The van der Waals surface area contributed by atoms with Crippen LogP contribution in [-0.4, -0.2) is 80.3 Å². The maximum atomic E-state index is 13.3. The van der Waals surface area contributed by atoms with Crippen molar-refractivity contribution in [3.8, 4) is 23.7 Å². The van der Waals surface area contributed by atoms with Crippen molar-refractivity contribution < 1.29 is 34.0 Å². The Labute approximate surface area is 264 Å². The van der Waals surface area contributed by atoms with Crippen LogP contribution in [0.3, 0.4) is 0 Å². The van der Waals surface area contributed by atoms with Crippen LogP contribution in [-0.2, 0) is 4.74 Å². The first-order valence-electron chi connectivity index (χ1n) is 15.9. The normalized spacial score (nSPS) is 29.9. The van der Waals surface area contributed by atoms with Gasteiger partial charge in [0.25, 0.3) is 0 Å². The van der Waals surface area contributed by atoms with Crippen molar-refractivity contribution >= 4 is 12.2 Å². The number of aliphatic hydroxyl groups is 2. The number of ether oxygens (including phenoxy) is 1. The summed E-state index contributed by atoms with van der Waals surface area (Å²) >= 11 is 0. The Bertz CT molecular complexity index is 1500. The predicted octanol–water partition coefficient (Wildman–Crippen LogP) is 5.26. The second-order valence-corrected chi connectivity index (χ2v) is 12.3. The fourth-order valence-electron chi connectivity index (χ4n) is 7.50. The Morgan fingerprint density at radius 1 is 0.844 bits per heavy atom. The van der Waals surface area contributed by atoms with E-state index in [9.17, 15) is 29.3 Å². The Morgan fingerprint density at radius 2 is 1.40 bits per heavy atom. The van der Waals surface area contributed by atoms with Gasteiger partial charge in [-0.25, -0.2) is 14.0 Å². The highest BCUT2D eigenvalue weighted by atomic mass is 19.1. The quantitative estimate of drug-likeness (QED) is 0.377. The first-order chi connectivity index (χ1) is 21.6. The van der Waals surface area contributed by atoms with Gasteiger partial charge in [0.05, 0.1) is 6.61 Å². The number of hydrogen-bond donors (Lipinski definition) is 3. The lowest BCUT2D eigenvalue weighted by Crippen LogP contribution is -2.49. The van der Waals surface area contributed by atoms with E-state index in [4.69, 9.17) is 4.74 Å². The van der Waals surface area contributed by atoms with E-state index in [-0.39, 0.29) is 35.8 Å². The molecule has 6 atom stereocenters. The number of carbonyl (C=O) groups excluding carboxylic acids is 1. The van der Waals surface area contributed by atoms with E-state index in [0.717, 1.165) is 31.2 Å². The van der Waals surface area contributed by atoms with E-state index in [2.05, 4.69) is 23.7 Å². The summed E-state index contributed by atoms with van der Waals surface area (Å²) in [4.78, 5) is 26.5. The Morgan fingerprint density at radius 3 is 1.98 bits per heavy atom. The number of carboxylic acid groups (broad SMARTS) is 1. The van der Waals surface area contributed by atoms with E-state index in [1.54, 1.807) is 24.0 Å². The maximum Gasteiger partial charge on any atom is 0.410 e. The molecule has 2 aromatic rings. The second-order valence-electron chi connectivity index (χ2n) is 12.3. The van der Waals surface area contributed by atoms with E-state index in [0.29, 0.717) is 50.9 Å². The van der Waals surface area contributed by atoms with E-state index in [1.807, 2.05) is 30.3 Å². The molecule has 2 saturated carbocycles. The fraction of sp³-hybridized carbons (Fsp3) is 0.500. The molecule has 238 valence electrons. The van der Waals surface area contributed by atoms with Crippen LogP contribution >= 0.6 is 0 Å². The molecule has 0 radical (unpaired) electrons. The first kappa shape index (κ1) is 32.3. The average molecular weight is 617 g/mol. The van der Waals surface area contributed by atoms with Gasteiger partial charge < -0.3 is 29.9 Å². The minimum atomic E-state index is -1.14. The third-order valence-electron chi connectivity index (χ3n) is 9.63. The number of likely N-dealkylation sites (tertiary alicyclic amines) is 2. The monoisotopic (exact) mass is 616 g/mol. The zero-order valence-electron chi connectivity index (χ0n) is 25.6. The molecule has 3 N–H and O–H groups in total. The number of nitrogens with zero attached hydrogens (tertiary/aromatic N) is 2. The van der Waals surface area contributed by atoms with Gasteiger partial charge >= 0.3 is 12.2 Å². The van der Waals surface area contributed by atoms with Gasteiger partial charge in [0.15, 0.2) is 0 Å². The molecule has 6 unspecified atom stereocenters. The van der Waals surface area contributed by atoms with Crippen molar-refractivity contribution in [2.24, 2.45) is 11.8 Å². The number of fused-ring (bicyclic) bond motifs is 2. The molecule has 0 aromatic heterocycles. The SMILES string of the molecule is CCOC(=O)N1CCC2C1CCCC2(O)C#Cc1cccc(F)c1.O=C(O)N1CCC2C1CCCC2(O)C#Cc1ccccc1. The summed E-state index contributed by atoms with van der Waals surface area (Å²) in [5.41, 5.74) is -0.786. The molecule has 4 fully saturated rings. The molecule has 9 heteroatoms. The Balaban J connectivity index is 0.000000179. The summed E-state index contributed by atoms with van der Waals surface area (Å²) in [6.45, 7) is 3.21. The lowest BCUT2D eigenvalue weighted by molar-refractivity contribution is -0.0146. The summed E-state index contributed by atoms with van der Waals surface area (Å²) < 4.78 is 18.4. The van der Waals surface area contributed by atoms with Crippen LogP contribution in [0.4, 0.5) is 14.0 Å². The zero-order valence-corrected chi connectivity index (χ0v) is 25.6. The molecule has 2 heterocycles. The van der Waals surface area contributed by atoms with Crippen LogP contribution < -0.4 is 0 Å².